The summed E-state index contributed by atoms with van der Waals surface area (Å²) in [5.41, 5.74) is 3.57. The summed E-state index contributed by atoms with van der Waals surface area (Å²) in [5.74, 6) is 0.566. The number of guanidine groups is 1. The lowest BCUT2D eigenvalue weighted by Crippen LogP contribution is -2.37. The van der Waals surface area contributed by atoms with Crippen LogP contribution in [0.5, 0.6) is 0 Å². The van der Waals surface area contributed by atoms with Crippen LogP contribution in [-0.2, 0) is 13.0 Å². The third-order valence-corrected chi connectivity index (χ3v) is 3.39. The molecule has 0 unspecified atom stereocenters. The first-order chi connectivity index (χ1) is 10.7. The van der Waals surface area contributed by atoms with Gasteiger partial charge < -0.3 is 10.6 Å². The number of hydrogen-bond acceptors (Lipinski definition) is 1. The van der Waals surface area contributed by atoms with Gasteiger partial charge in [-0.05, 0) is 36.6 Å². The van der Waals surface area contributed by atoms with Crippen molar-refractivity contribution in [2.75, 3.05) is 13.6 Å². The second kappa shape index (κ2) is 8.17. The van der Waals surface area contributed by atoms with Gasteiger partial charge in [-0.25, -0.2) is 4.39 Å². The van der Waals surface area contributed by atoms with Gasteiger partial charge in [-0.1, -0.05) is 42.0 Å². The van der Waals surface area contributed by atoms with Crippen molar-refractivity contribution >= 4 is 5.96 Å². The predicted octanol–water partition coefficient (Wildman–Crippen LogP) is 3.04. The van der Waals surface area contributed by atoms with E-state index < -0.39 is 0 Å². The van der Waals surface area contributed by atoms with E-state index in [4.69, 9.17) is 0 Å². The van der Waals surface area contributed by atoms with Gasteiger partial charge in [0, 0.05) is 20.1 Å². The van der Waals surface area contributed by atoms with E-state index in [0.29, 0.717) is 0 Å². The minimum absolute atomic E-state index is 0.202. The molecule has 0 saturated carbocycles. The minimum atomic E-state index is -0.202. The van der Waals surface area contributed by atoms with E-state index in [2.05, 4.69) is 46.8 Å². The first kappa shape index (κ1) is 16.0. The Hall–Kier alpha value is -2.36. The summed E-state index contributed by atoms with van der Waals surface area (Å²) >= 11 is 0. The van der Waals surface area contributed by atoms with Crippen LogP contribution in [0.15, 0.2) is 53.5 Å². The molecule has 0 aliphatic rings. The molecule has 0 atom stereocenters. The third-order valence-electron chi connectivity index (χ3n) is 3.39. The number of nitrogens with zero attached hydrogens (tertiary/aromatic N) is 1. The van der Waals surface area contributed by atoms with Crippen LogP contribution >= 0.6 is 0 Å². The fraction of sp³-hybridized carbons (Fsp3) is 0.278. The van der Waals surface area contributed by atoms with Crippen molar-refractivity contribution in [2.24, 2.45) is 4.99 Å². The highest BCUT2D eigenvalue weighted by molar-refractivity contribution is 5.79. The number of nitrogens with one attached hydrogen (secondary N) is 2. The normalized spacial score (nSPS) is 11.3. The van der Waals surface area contributed by atoms with Gasteiger partial charge in [0.05, 0.1) is 0 Å². The van der Waals surface area contributed by atoms with Gasteiger partial charge in [0.1, 0.15) is 5.82 Å². The van der Waals surface area contributed by atoms with Crippen LogP contribution in [0.4, 0.5) is 4.39 Å². The highest BCUT2D eigenvalue weighted by Crippen LogP contribution is 2.04. The summed E-state index contributed by atoms with van der Waals surface area (Å²) in [6.45, 7) is 3.57. The Balaban J connectivity index is 1.76. The minimum Gasteiger partial charge on any atom is -0.356 e. The molecule has 3 nitrogen and oxygen atoms in total. The SMILES string of the molecule is CN=C(NCCc1ccc(F)cc1)NCc1cccc(C)c1. The number of halogens is 1. The van der Waals surface area contributed by atoms with Gasteiger partial charge in [0.15, 0.2) is 5.96 Å². The summed E-state index contributed by atoms with van der Waals surface area (Å²) in [5, 5.41) is 6.55. The van der Waals surface area contributed by atoms with Crippen LogP contribution < -0.4 is 10.6 Å². The van der Waals surface area contributed by atoms with Gasteiger partial charge >= 0.3 is 0 Å². The lowest BCUT2D eigenvalue weighted by atomic mass is 10.1. The summed E-state index contributed by atoms with van der Waals surface area (Å²) in [4.78, 5) is 4.21. The molecule has 0 heterocycles. The van der Waals surface area contributed by atoms with Crippen molar-refractivity contribution in [3.05, 3.63) is 71.0 Å². The van der Waals surface area contributed by atoms with E-state index in [9.17, 15) is 4.39 Å². The molecule has 0 aliphatic carbocycles. The molecule has 0 aliphatic heterocycles. The molecule has 2 aromatic rings. The van der Waals surface area contributed by atoms with Crippen LogP contribution in [0.2, 0.25) is 0 Å². The van der Waals surface area contributed by atoms with Crippen LogP contribution in [-0.4, -0.2) is 19.6 Å². The molecule has 0 saturated heterocycles. The maximum Gasteiger partial charge on any atom is 0.191 e. The highest BCUT2D eigenvalue weighted by atomic mass is 19.1. The second-order valence-corrected chi connectivity index (χ2v) is 5.22. The zero-order chi connectivity index (χ0) is 15.8. The number of aliphatic imine (C=N–C) groups is 1. The first-order valence-electron chi connectivity index (χ1n) is 7.42. The lowest BCUT2D eigenvalue weighted by Gasteiger charge is -2.12. The maximum atomic E-state index is 12.8. The Morgan fingerprint density at radius 1 is 1.05 bits per heavy atom. The van der Waals surface area contributed by atoms with Gasteiger partial charge in [-0.2, -0.15) is 0 Å². The van der Waals surface area contributed by atoms with E-state index >= 15 is 0 Å². The topological polar surface area (TPSA) is 36.4 Å². The van der Waals surface area contributed by atoms with Crippen molar-refractivity contribution in [1.82, 2.24) is 10.6 Å². The Morgan fingerprint density at radius 2 is 1.82 bits per heavy atom. The molecular formula is C18H22FN3. The third kappa shape index (κ3) is 5.20. The van der Waals surface area contributed by atoms with E-state index in [1.54, 1.807) is 19.2 Å². The van der Waals surface area contributed by atoms with Crippen molar-refractivity contribution in [1.29, 1.82) is 0 Å². The molecular weight excluding hydrogens is 277 g/mol. The Labute approximate surface area is 131 Å². The standard InChI is InChI=1S/C18H22FN3/c1-14-4-3-5-16(12-14)13-22-18(20-2)21-11-10-15-6-8-17(19)9-7-15/h3-9,12H,10-11,13H2,1-2H3,(H2,20,21,22). The van der Waals surface area contributed by atoms with Crippen molar-refractivity contribution in [2.45, 2.75) is 19.9 Å². The summed E-state index contributed by atoms with van der Waals surface area (Å²) in [6, 6.07) is 15.0. The van der Waals surface area contributed by atoms with E-state index in [0.717, 1.165) is 31.0 Å². The molecule has 0 bridgehead atoms. The lowest BCUT2D eigenvalue weighted by molar-refractivity contribution is 0.626. The highest BCUT2D eigenvalue weighted by Gasteiger charge is 1.99. The van der Waals surface area contributed by atoms with Crippen LogP contribution in [0, 0.1) is 12.7 Å². The molecule has 0 spiro atoms. The molecule has 0 aromatic heterocycles. The molecule has 22 heavy (non-hydrogen) atoms. The summed E-state index contributed by atoms with van der Waals surface area (Å²) in [7, 11) is 1.75. The monoisotopic (exact) mass is 299 g/mol. The number of rotatable bonds is 5. The molecule has 4 heteroatoms. The zero-order valence-corrected chi connectivity index (χ0v) is 13.1. The first-order valence-corrected chi connectivity index (χ1v) is 7.42. The molecule has 0 fully saturated rings. The quantitative estimate of drug-likeness (QED) is 0.657. The zero-order valence-electron chi connectivity index (χ0n) is 13.1. The van der Waals surface area contributed by atoms with E-state index in [1.165, 1.54) is 23.3 Å². The van der Waals surface area contributed by atoms with Gasteiger partial charge in [0.2, 0.25) is 0 Å². The Bertz CT molecular complexity index is 620. The molecule has 2 rings (SSSR count). The van der Waals surface area contributed by atoms with Crippen molar-refractivity contribution in [3.8, 4) is 0 Å². The summed E-state index contributed by atoms with van der Waals surface area (Å²) in [6.07, 6.45) is 0.825. The number of hydrogen-bond donors (Lipinski definition) is 2. The van der Waals surface area contributed by atoms with Crippen LogP contribution in [0.1, 0.15) is 16.7 Å². The number of benzene rings is 2. The van der Waals surface area contributed by atoms with Crippen LogP contribution in [0.25, 0.3) is 0 Å². The Kier molecular flexibility index (Phi) is 5.95. The molecule has 0 amide bonds. The molecule has 2 N–H and O–H groups in total. The predicted molar refractivity (Wildman–Crippen MR) is 89.5 cm³/mol. The van der Waals surface area contributed by atoms with Crippen molar-refractivity contribution < 1.29 is 4.39 Å². The maximum absolute atomic E-state index is 12.8. The van der Waals surface area contributed by atoms with Gasteiger partial charge in [0.25, 0.3) is 0 Å². The average molecular weight is 299 g/mol. The fourth-order valence-corrected chi connectivity index (χ4v) is 2.20. The second-order valence-electron chi connectivity index (χ2n) is 5.22. The van der Waals surface area contributed by atoms with Gasteiger partial charge in [-0.3, -0.25) is 4.99 Å². The molecule has 116 valence electrons. The average Bonchev–Trinajstić information content (AvgIpc) is 2.52. The van der Waals surface area contributed by atoms with Crippen molar-refractivity contribution in [3.63, 3.8) is 0 Å². The number of aryl methyl sites for hydroxylation is 1. The summed E-state index contributed by atoms with van der Waals surface area (Å²) < 4.78 is 12.8. The van der Waals surface area contributed by atoms with E-state index in [-0.39, 0.29) is 5.82 Å². The molecule has 0 radical (unpaired) electrons. The largest absolute Gasteiger partial charge is 0.356 e. The van der Waals surface area contributed by atoms with Crippen LogP contribution in [0.3, 0.4) is 0 Å². The van der Waals surface area contributed by atoms with E-state index in [1.807, 2.05) is 0 Å². The smallest absolute Gasteiger partial charge is 0.191 e. The molecule has 2 aromatic carbocycles. The fourth-order valence-electron chi connectivity index (χ4n) is 2.20. The van der Waals surface area contributed by atoms with Gasteiger partial charge in [-0.15, -0.1) is 0 Å². The Morgan fingerprint density at radius 3 is 2.50 bits per heavy atom.